The van der Waals surface area contributed by atoms with Crippen LogP contribution < -0.4 is 26.3 Å². The molecule has 1 aliphatic rings. The number of carboxylic acid groups (broad SMARTS) is 2. The van der Waals surface area contributed by atoms with Crippen molar-refractivity contribution < 1.29 is 29.0 Å². The maximum Gasteiger partial charge on any atom is 0.414 e. The maximum atomic E-state index is 12.9. The molecule has 43 heavy (non-hydrogen) atoms. The highest BCUT2D eigenvalue weighted by Crippen LogP contribution is 2.27. The van der Waals surface area contributed by atoms with Gasteiger partial charge in [-0.25, -0.2) is 14.4 Å². The van der Waals surface area contributed by atoms with Crippen molar-refractivity contribution in [3.05, 3.63) is 91.7 Å². The molecular weight excluding hydrogens is 560 g/mol. The summed E-state index contributed by atoms with van der Waals surface area (Å²) >= 11 is 0. The Morgan fingerprint density at radius 1 is 0.860 bits per heavy atom. The highest BCUT2D eigenvalue weighted by atomic mass is 16.5. The van der Waals surface area contributed by atoms with E-state index in [2.05, 4.69) is 9.80 Å². The zero-order valence-corrected chi connectivity index (χ0v) is 23.8. The molecule has 4 aromatic rings. The van der Waals surface area contributed by atoms with E-state index < -0.39 is 11.9 Å². The number of piperazine rings is 1. The van der Waals surface area contributed by atoms with Crippen molar-refractivity contribution in [1.82, 2.24) is 14.0 Å². The van der Waals surface area contributed by atoms with Gasteiger partial charge in [0.2, 0.25) is 0 Å². The van der Waals surface area contributed by atoms with Crippen LogP contribution in [0, 0.1) is 0 Å². The molecule has 0 spiro atoms. The van der Waals surface area contributed by atoms with E-state index in [1.807, 2.05) is 36.4 Å². The first-order chi connectivity index (χ1) is 20.6. The SMILES string of the molecule is Cn1c(N2CCN(CCCOc3cccc4oc(-c5ccccc5)cc(=O)c34)CC2)cc(=O)n(C)c1=O.O=C(O)C(=O)O. The maximum absolute atomic E-state index is 12.9. The zero-order valence-electron chi connectivity index (χ0n) is 23.8. The Morgan fingerprint density at radius 2 is 1.53 bits per heavy atom. The summed E-state index contributed by atoms with van der Waals surface area (Å²) in [7, 11) is 3.18. The van der Waals surface area contributed by atoms with Crippen molar-refractivity contribution in [3.63, 3.8) is 0 Å². The second-order valence-corrected chi connectivity index (χ2v) is 9.85. The summed E-state index contributed by atoms with van der Waals surface area (Å²) < 4.78 is 14.7. The van der Waals surface area contributed by atoms with Crippen molar-refractivity contribution in [2.24, 2.45) is 14.1 Å². The topological polar surface area (TPSA) is 165 Å². The largest absolute Gasteiger partial charge is 0.493 e. The number of aromatic nitrogens is 2. The Labute approximate surface area is 245 Å². The number of benzene rings is 2. The monoisotopic (exact) mass is 592 g/mol. The van der Waals surface area contributed by atoms with Crippen LogP contribution in [0.4, 0.5) is 5.82 Å². The molecule has 1 saturated heterocycles. The van der Waals surface area contributed by atoms with Crippen LogP contribution in [-0.2, 0) is 23.7 Å². The molecule has 1 fully saturated rings. The summed E-state index contributed by atoms with van der Waals surface area (Å²) in [5.41, 5.74) is 0.615. The van der Waals surface area contributed by atoms with E-state index >= 15 is 0 Å². The van der Waals surface area contributed by atoms with E-state index in [9.17, 15) is 14.4 Å². The smallest absolute Gasteiger partial charge is 0.414 e. The summed E-state index contributed by atoms with van der Waals surface area (Å²) in [6.45, 7) is 4.43. The van der Waals surface area contributed by atoms with Crippen LogP contribution in [-0.4, -0.2) is 75.5 Å². The van der Waals surface area contributed by atoms with Gasteiger partial charge in [0, 0.05) is 64.5 Å². The lowest BCUT2D eigenvalue weighted by atomic mass is 10.1. The number of carbonyl (C=O) groups is 2. The molecule has 2 aromatic heterocycles. The van der Waals surface area contributed by atoms with Gasteiger partial charge < -0.3 is 24.3 Å². The van der Waals surface area contributed by atoms with Crippen LogP contribution in [0.2, 0.25) is 0 Å². The summed E-state index contributed by atoms with van der Waals surface area (Å²) in [6, 6.07) is 18.0. The third-order valence-electron chi connectivity index (χ3n) is 7.03. The molecule has 0 aliphatic carbocycles. The van der Waals surface area contributed by atoms with E-state index in [4.69, 9.17) is 29.0 Å². The zero-order chi connectivity index (χ0) is 31.1. The Balaban J connectivity index is 0.000000641. The van der Waals surface area contributed by atoms with Gasteiger partial charge in [-0.15, -0.1) is 0 Å². The van der Waals surface area contributed by atoms with Crippen LogP contribution in [0.3, 0.4) is 0 Å². The van der Waals surface area contributed by atoms with Crippen molar-refractivity contribution in [1.29, 1.82) is 0 Å². The highest BCUT2D eigenvalue weighted by Gasteiger charge is 2.20. The number of fused-ring (bicyclic) bond motifs is 1. The summed E-state index contributed by atoms with van der Waals surface area (Å²) in [4.78, 5) is 59.8. The first kappa shape index (κ1) is 30.8. The van der Waals surface area contributed by atoms with Gasteiger partial charge in [-0.05, 0) is 18.6 Å². The predicted molar refractivity (Wildman–Crippen MR) is 159 cm³/mol. The summed E-state index contributed by atoms with van der Waals surface area (Å²) in [5, 5.41) is 15.2. The van der Waals surface area contributed by atoms with Gasteiger partial charge in [-0.1, -0.05) is 36.4 Å². The minimum absolute atomic E-state index is 0.128. The molecule has 13 heteroatoms. The number of nitrogens with zero attached hydrogens (tertiary/aromatic N) is 4. The Bertz CT molecular complexity index is 1770. The number of anilines is 1. The molecule has 0 saturated carbocycles. The molecule has 0 amide bonds. The molecule has 0 bridgehead atoms. The van der Waals surface area contributed by atoms with E-state index in [1.54, 1.807) is 19.2 Å². The lowest BCUT2D eigenvalue weighted by Gasteiger charge is -2.36. The molecule has 226 valence electrons. The fourth-order valence-electron chi connectivity index (χ4n) is 4.74. The van der Waals surface area contributed by atoms with Crippen molar-refractivity contribution in [2.75, 3.05) is 44.2 Å². The minimum atomic E-state index is -1.82. The van der Waals surface area contributed by atoms with Gasteiger partial charge in [0.25, 0.3) is 5.56 Å². The molecule has 5 rings (SSSR count). The fraction of sp³-hybridized carbons (Fsp3) is 0.300. The third kappa shape index (κ3) is 7.38. The van der Waals surface area contributed by atoms with Gasteiger partial charge >= 0.3 is 17.6 Å². The van der Waals surface area contributed by atoms with Crippen molar-refractivity contribution in [3.8, 4) is 17.1 Å². The van der Waals surface area contributed by atoms with Crippen molar-refractivity contribution in [2.45, 2.75) is 6.42 Å². The second-order valence-electron chi connectivity index (χ2n) is 9.85. The number of carboxylic acids is 2. The highest BCUT2D eigenvalue weighted by molar-refractivity contribution is 6.27. The van der Waals surface area contributed by atoms with E-state index in [0.29, 0.717) is 34.9 Å². The van der Waals surface area contributed by atoms with Crippen molar-refractivity contribution >= 4 is 28.7 Å². The molecule has 13 nitrogen and oxygen atoms in total. The average molecular weight is 593 g/mol. The number of rotatable bonds is 7. The van der Waals surface area contributed by atoms with Gasteiger partial charge in [0.05, 0.1) is 6.61 Å². The number of hydrogen-bond acceptors (Lipinski definition) is 9. The van der Waals surface area contributed by atoms with Gasteiger partial charge in [0.15, 0.2) is 5.43 Å². The molecule has 1 aliphatic heterocycles. The standard InChI is InChI=1S/C28H30N4O5.C2H2O4/c1-29-25(19-26(34)30(2)28(29)35)32-15-13-31(14-16-32)12-7-17-36-22-10-6-11-23-27(22)21(33)18-24(37-23)20-8-4-3-5-9-20;3-1(4)2(5)6/h3-6,8-11,18-19H,7,12-17H2,1-2H3;(H,3,4)(H,5,6). The lowest BCUT2D eigenvalue weighted by molar-refractivity contribution is -0.159. The predicted octanol–water partition coefficient (Wildman–Crippen LogP) is 1.60. The van der Waals surface area contributed by atoms with Crippen LogP contribution >= 0.6 is 0 Å². The third-order valence-corrected chi connectivity index (χ3v) is 7.03. The average Bonchev–Trinajstić information content (AvgIpc) is 3.01. The van der Waals surface area contributed by atoms with E-state index in [-0.39, 0.29) is 16.7 Å². The number of hydrogen-bond donors (Lipinski definition) is 2. The summed E-state index contributed by atoms with van der Waals surface area (Å²) in [5.74, 6) is -1.93. The molecule has 0 radical (unpaired) electrons. The van der Waals surface area contributed by atoms with Gasteiger partial charge in [-0.2, -0.15) is 0 Å². The Hall–Kier alpha value is -5.17. The molecule has 0 atom stereocenters. The first-order valence-electron chi connectivity index (χ1n) is 13.5. The van der Waals surface area contributed by atoms with Crippen LogP contribution in [0.15, 0.2) is 79.5 Å². The summed E-state index contributed by atoms with van der Waals surface area (Å²) in [6.07, 6.45) is 0.800. The number of aliphatic carboxylic acids is 2. The molecule has 0 unspecified atom stereocenters. The first-order valence-corrected chi connectivity index (χ1v) is 13.5. The molecule has 2 N–H and O–H groups in total. The molecule has 3 heterocycles. The second kappa shape index (κ2) is 13.7. The fourth-order valence-corrected chi connectivity index (χ4v) is 4.74. The normalized spacial score (nSPS) is 13.3. The van der Waals surface area contributed by atoms with E-state index in [1.165, 1.54) is 23.7 Å². The number of ether oxygens (including phenoxy) is 1. The minimum Gasteiger partial charge on any atom is -0.493 e. The van der Waals surface area contributed by atoms with E-state index in [0.717, 1.165) is 49.3 Å². The van der Waals surface area contributed by atoms with Crippen LogP contribution in [0.5, 0.6) is 5.75 Å². The van der Waals surface area contributed by atoms with Crippen LogP contribution in [0.1, 0.15) is 6.42 Å². The van der Waals surface area contributed by atoms with Gasteiger partial charge in [0.1, 0.15) is 28.3 Å². The quantitative estimate of drug-likeness (QED) is 0.237. The van der Waals surface area contributed by atoms with Gasteiger partial charge in [-0.3, -0.25) is 23.6 Å². The Morgan fingerprint density at radius 3 is 2.19 bits per heavy atom. The lowest BCUT2D eigenvalue weighted by Crippen LogP contribution is -2.49. The molecule has 2 aromatic carbocycles. The van der Waals surface area contributed by atoms with Crippen LogP contribution in [0.25, 0.3) is 22.3 Å². The molecular formula is C30H32N4O9. The Kier molecular flexibility index (Phi) is 9.78.